The Bertz CT molecular complexity index is 514. The Hall–Kier alpha value is -2.21. The van der Waals surface area contributed by atoms with Crippen LogP contribution in [0.5, 0.6) is 5.88 Å². The Morgan fingerprint density at radius 2 is 2.11 bits per heavy atom. The van der Waals surface area contributed by atoms with Gasteiger partial charge in [0.15, 0.2) is 0 Å². The topological polar surface area (TPSA) is 86.0 Å². The highest BCUT2D eigenvalue weighted by atomic mass is 16.5. The second kappa shape index (κ2) is 5.42. The average molecular weight is 245 g/mol. The van der Waals surface area contributed by atoms with Gasteiger partial charge in [-0.2, -0.15) is 0 Å². The number of rotatable bonds is 4. The minimum atomic E-state index is -0.142. The molecule has 18 heavy (non-hydrogen) atoms. The van der Waals surface area contributed by atoms with E-state index in [4.69, 9.17) is 10.5 Å². The molecule has 2 aromatic rings. The zero-order valence-corrected chi connectivity index (χ0v) is 10.3. The summed E-state index contributed by atoms with van der Waals surface area (Å²) in [4.78, 5) is 4.07. The molecule has 2 aromatic heterocycles. The summed E-state index contributed by atoms with van der Waals surface area (Å²) in [7, 11) is 3.39. The van der Waals surface area contributed by atoms with Gasteiger partial charge in [-0.05, 0) is 19.2 Å². The van der Waals surface area contributed by atoms with Crippen molar-refractivity contribution in [3.05, 3.63) is 41.7 Å². The Balaban J connectivity index is 2.36. The molecule has 0 aromatic carbocycles. The van der Waals surface area contributed by atoms with Crippen LogP contribution in [-0.2, 0) is 0 Å². The van der Waals surface area contributed by atoms with E-state index in [-0.39, 0.29) is 6.04 Å². The normalized spacial score (nSPS) is 12.1. The summed E-state index contributed by atoms with van der Waals surface area (Å²) >= 11 is 0. The van der Waals surface area contributed by atoms with Gasteiger partial charge in [-0.1, -0.05) is 6.07 Å². The highest BCUT2D eigenvalue weighted by molar-refractivity contribution is 5.44. The van der Waals surface area contributed by atoms with Crippen LogP contribution < -0.4 is 15.8 Å². The maximum atomic E-state index is 5.87. The van der Waals surface area contributed by atoms with Crippen molar-refractivity contribution in [3.63, 3.8) is 0 Å². The molecular weight excluding hydrogens is 230 g/mol. The average Bonchev–Trinajstić information content (AvgIpc) is 2.42. The van der Waals surface area contributed by atoms with E-state index in [9.17, 15) is 0 Å². The first-order chi connectivity index (χ1) is 8.76. The lowest BCUT2D eigenvalue weighted by molar-refractivity contribution is 0.390. The van der Waals surface area contributed by atoms with Crippen molar-refractivity contribution in [1.29, 1.82) is 0 Å². The number of nitrogens with two attached hydrogens (primary N) is 1. The smallest absolute Gasteiger partial charge is 0.233 e. The fourth-order valence-electron chi connectivity index (χ4n) is 1.73. The molecule has 0 saturated heterocycles. The Morgan fingerprint density at radius 3 is 2.67 bits per heavy atom. The van der Waals surface area contributed by atoms with Crippen LogP contribution in [0.25, 0.3) is 0 Å². The fourth-order valence-corrected chi connectivity index (χ4v) is 1.73. The summed E-state index contributed by atoms with van der Waals surface area (Å²) in [6.07, 6.45) is 1.66. The Morgan fingerprint density at radius 1 is 1.28 bits per heavy atom. The summed E-state index contributed by atoms with van der Waals surface area (Å²) in [5, 5.41) is 11.2. The first-order valence-electron chi connectivity index (χ1n) is 5.51. The van der Waals surface area contributed by atoms with Crippen molar-refractivity contribution >= 4 is 5.82 Å². The maximum absolute atomic E-state index is 5.87. The number of pyridine rings is 1. The third kappa shape index (κ3) is 2.38. The summed E-state index contributed by atoms with van der Waals surface area (Å²) in [6, 6.07) is 7.22. The Labute approximate surface area is 105 Å². The van der Waals surface area contributed by atoms with E-state index in [1.807, 2.05) is 25.2 Å². The second-order valence-corrected chi connectivity index (χ2v) is 3.70. The molecule has 0 fully saturated rings. The summed E-state index contributed by atoms with van der Waals surface area (Å²) < 4.78 is 4.98. The number of hydrogen-bond acceptors (Lipinski definition) is 6. The van der Waals surface area contributed by atoms with Crippen molar-refractivity contribution in [3.8, 4) is 5.88 Å². The van der Waals surface area contributed by atoms with Gasteiger partial charge in [-0.3, -0.25) is 0 Å². The van der Waals surface area contributed by atoms with Crippen LogP contribution in [0.4, 0.5) is 5.82 Å². The molecule has 1 atom stereocenters. The molecular formula is C12H15N5O. The number of ether oxygens (including phenoxy) is 1. The minimum absolute atomic E-state index is 0.142. The lowest BCUT2D eigenvalue weighted by atomic mass is 10.0. The van der Waals surface area contributed by atoms with Gasteiger partial charge in [0.25, 0.3) is 0 Å². The van der Waals surface area contributed by atoms with Crippen LogP contribution >= 0.6 is 0 Å². The van der Waals surface area contributed by atoms with Crippen LogP contribution in [0.15, 0.2) is 30.5 Å². The molecule has 3 N–H and O–H groups in total. The number of nitrogens with zero attached hydrogens (tertiary/aromatic N) is 3. The third-order valence-corrected chi connectivity index (χ3v) is 2.64. The van der Waals surface area contributed by atoms with E-state index in [0.29, 0.717) is 11.7 Å². The number of aromatic nitrogens is 3. The van der Waals surface area contributed by atoms with E-state index in [1.165, 1.54) is 0 Å². The van der Waals surface area contributed by atoms with Crippen molar-refractivity contribution < 1.29 is 4.74 Å². The zero-order chi connectivity index (χ0) is 13.0. The molecule has 0 bridgehead atoms. The monoisotopic (exact) mass is 245 g/mol. The largest absolute Gasteiger partial charge is 0.480 e. The molecule has 94 valence electrons. The zero-order valence-electron chi connectivity index (χ0n) is 10.3. The molecule has 2 rings (SSSR count). The van der Waals surface area contributed by atoms with Gasteiger partial charge in [0.1, 0.15) is 5.82 Å². The molecule has 2 heterocycles. The van der Waals surface area contributed by atoms with Gasteiger partial charge in [0.2, 0.25) is 5.88 Å². The van der Waals surface area contributed by atoms with Crippen LogP contribution in [0.3, 0.4) is 0 Å². The van der Waals surface area contributed by atoms with Crippen LogP contribution in [0.1, 0.15) is 17.3 Å². The molecule has 0 saturated carbocycles. The van der Waals surface area contributed by atoms with E-state index in [2.05, 4.69) is 20.5 Å². The lowest BCUT2D eigenvalue weighted by Crippen LogP contribution is -2.21. The summed E-state index contributed by atoms with van der Waals surface area (Å²) in [5.41, 5.74) is 7.50. The fraction of sp³-hybridized carbons (Fsp3) is 0.250. The van der Waals surface area contributed by atoms with Crippen molar-refractivity contribution in [2.24, 2.45) is 0 Å². The standard InChI is InChI=1S/C12H15N5O/c1-14-11(8-4-3-7-15-12(8)13)9-5-6-10(18-2)17-16-9/h3-7,11,14H,1-2H3,(H2,13,15). The molecule has 1 unspecified atom stereocenters. The van der Waals surface area contributed by atoms with Crippen molar-refractivity contribution in [2.45, 2.75) is 6.04 Å². The van der Waals surface area contributed by atoms with Crippen molar-refractivity contribution in [2.75, 3.05) is 19.9 Å². The first kappa shape index (κ1) is 12.3. The number of anilines is 1. The maximum Gasteiger partial charge on any atom is 0.233 e. The van der Waals surface area contributed by atoms with Crippen LogP contribution in [-0.4, -0.2) is 29.3 Å². The van der Waals surface area contributed by atoms with Gasteiger partial charge in [-0.25, -0.2) is 4.98 Å². The quantitative estimate of drug-likeness (QED) is 0.827. The van der Waals surface area contributed by atoms with Gasteiger partial charge < -0.3 is 15.8 Å². The Kier molecular flexibility index (Phi) is 3.69. The SMILES string of the molecule is CNC(c1ccc(OC)nn1)c1cccnc1N. The van der Waals surface area contributed by atoms with Gasteiger partial charge in [0, 0.05) is 17.8 Å². The molecule has 0 aliphatic carbocycles. The number of nitrogens with one attached hydrogen (secondary N) is 1. The van der Waals surface area contributed by atoms with Crippen LogP contribution in [0, 0.1) is 0 Å². The minimum Gasteiger partial charge on any atom is -0.480 e. The predicted molar refractivity (Wildman–Crippen MR) is 68.1 cm³/mol. The van der Waals surface area contributed by atoms with E-state index in [1.54, 1.807) is 19.4 Å². The van der Waals surface area contributed by atoms with E-state index < -0.39 is 0 Å². The van der Waals surface area contributed by atoms with E-state index >= 15 is 0 Å². The molecule has 0 spiro atoms. The number of methoxy groups -OCH3 is 1. The highest BCUT2D eigenvalue weighted by Crippen LogP contribution is 2.23. The third-order valence-electron chi connectivity index (χ3n) is 2.64. The molecule has 0 amide bonds. The van der Waals surface area contributed by atoms with E-state index in [0.717, 1.165) is 11.3 Å². The molecule has 6 nitrogen and oxygen atoms in total. The molecule has 0 aliphatic rings. The van der Waals surface area contributed by atoms with Crippen molar-refractivity contribution in [1.82, 2.24) is 20.5 Å². The highest BCUT2D eigenvalue weighted by Gasteiger charge is 2.17. The summed E-state index contributed by atoms with van der Waals surface area (Å²) in [6.45, 7) is 0. The predicted octanol–water partition coefficient (Wildman–Crippen LogP) is 0.771. The van der Waals surface area contributed by atoms with Crippen LogP contribution in [0.2, 0.25) is 0 Å². The molecule has 0 aliphatic heterocycles. The number of nitrogen functional groups attached to an aromatic ring is 1. The van der Waals surface area contributed by atoms with Gasteiger partial charge >= 0.3 is 0 Å². The number of hydrogen-bond donors (Lipinski definition) is 2. The second-order valence-electron chi connectivity index (χ2n) is 3.70. The molecule has 6 heteroatoms. The molecule has 0 radical (unpaired) electrons. The lowest BCUT2D eigenvalue weighted by Gasteiger charge is -2.16. The first-order valence-corrected chi connectivity index (χ1v) is 5.51. The van der Waals surface area contributed by atoms with Gasteiger partial charge in [0.05, 0.1) is 18.8 Å². The summed E-state index contributed by atoms with van der Waals surface area (Å²) in [5.74, 6) is 0.960. The van der Waals surface area contributed by atoms with Gasteiger partial charge in [-0.15, -0.1) is 10.2 Å².